The van der Waals surface area contributed by atoms with Crippen molar-refractivity contribution in [3.63, 3.8) is 0 Å². The first-order chi connectivity index (χ1) is 8.03. The lowest BCUT2D eigenvalue weighted by atomic mass is 9.82. The third-order valence-corrected chi connectivity index (χ3v) is 4.63. The molecule has 0 spiro atoms. The molecule has 0 nitrogen and oxygen atoms in total. The van der Waals surface area contributed by atoms with Crippen LogP contribution in [0, 0.1) is 17.0 Å². The van der Waals surface area contributed by atoms with Gasteiger partial charge in [0.05, 0.1) is 0 Å². The van der Waals surface area contributed by atoms with E-state index in [0.717, 1.165) is 12.8 Å². The van der Waals surface area contributed by atoms with Crippen LogP contribution in [0.2, 0.25) is 0 Å². The van der Waals surface area contributed by atoms with Gasteiger partial charge in [-0.15, -0.1) is 11.6 Å². The zero-order valence-electron chi connectivity index (χ0n) is 9.98. The normalized spacial score (nSPS) is 20.5. The lowest BCUT2D eigenvalue weighted by Crippen LogP contribution is -2.27. The molecule has 1 fully saturated rings. The second-order valence-corrected chi connectivity index (χ2v) is 5.76. The van der Waals surface area contributed by atoms with Crippen LogP contribution in [0.4, 0.5) is 8.78 Å². The van der Waals surface area contributed by atoms with Gasteiger partial charge >= 0.3 is 0 Å². The molecule has 2 rings (SSSR count). The third kappa shape index (κ3) is 2.62. The summed E-state index contributed by atoms with van der Waals surface area (Å²) < 4.78 is 27.0. The van der Waals surface area contributed by atoms with Crippen molar-refractivity contribution in [3.05, 3.63) is 35.4 Å². The lowest BCUT2D eigenvalue weighted by Gasteiger charge is -2.29. The van der Waals surface area contributed by atoms with Crippen LogP contribution in [-0.2, 0) is 6.42 Å². The van der Waals surface area contributed by atoms with E-state index >= 15 is 0 Å². The summed E-state index contributed by atoms with van der Waals surface area (Å²) in [5, 5.41) is -0.198. The summed E-state index contributed by atoms with van der Waals surface area (Å²) in [6.07, 6.45) is 4.71. The number of benzene rings is 1. The predicted octanol–water partition coefficient (Wildman–Crippen LogP) is 4.70. The Balaban J connectivity index is 2.15. The maximum Gasteiger partial charge on any atom is 0.129 e. The van der Waals surface area contributed by atoms with Gasteiger partial charge in [0, 0.05) is 10.9 Å². The number of halogens is 3. The SMILES string of the molecule is CC1(C(Cl)Cc2c(F)cccc2F)CCCC1. The first-order valence-corrected chi connectivity index (χ1v) is 6.53. The minimum Gasteiger partial charge on any atom is -0.207 e. The Morgan fingerprint density at radius 2 is 1.76 bits per heavy atom. The number of rotatable bonds is 3. The number of hydrogen-bond acceptors (Lipinski definition) is 0. The average molecular weight is 259 g/mol. The van der Waals surface area contributed by atoms with Crippen molar-refractivity contribution in [1.82, 2.24) is 0 Å². The first kappa shape index (κ1) is 12.8. The predicted molar refractivity (Wildman–Crippen MR) is 66.3 cm³/mol. The van der Waals surface area contributed by atoms with Gasteiger partial charge < -0.3 is 0 Å². The maximum atomic E-state index is 13.5. The summed E-state index contributed by atoms with van der Waals surface area (Å²) >= 11 is 6.37. The Hall–Kier alpha value is -0.630. The molecule has 0 N–H and O–H groups in total. The van der Waals surface area contributed by atoms with E-state index in [0.29, 0.717) is 0 Å². The first-order valence-electron chi connectivity index (χ1n) is 6.10. The van der Waals surface area contributed by atoms with Gasteiger partial charge in [-0.25, -0.2) is 8.78 Å². The van der Waals surface area contributed by atoms with Gasteiger partial charge in [-0.3, -0.25) is 0 Å². The average Bonchev–Trinajstić information content (AvgIpc) is 2.72. The summed E-state index contributed by atoms with van der Waals surface area (Å²) in [5.74, 6) is -0.977. The van der Waals surface area contributed by atoms with Gasteiger partial charge in [0.2, 0.25) is 0 Å². The van der Waals surface area contributed by atoms with E-state index in [1.54, 1.807) is 0 Å². The van der Waals surface area contributed by atoms with Crippen LogP contribution in [0.5, 0.6) is 0 Å². The highest BCUT2D eigenvalue weighted by atomic mass is 35.5. The summed E-state index contributed by atoms with van der Waals surface area (Å²) in [7, 11) is 0. The molecule has 0 amide bonds. The fourth-order valence-corrected chi connectivity index (χ4v) is 3.02. The van der Waals surface area contributed by atoms with Crippen molar-refractivity contribution in [2.24, 2.45) is 5.41 Å². The molecule has 0 aromatic heterocycles. The van der Waals surface area contributed by atoms with Crippen LogP contribution < -0.4 is 0 Å². The zero-order valence-corrected chi connectivity index (χ0v) is 10.7. The summed E-state index contributed by atoms with van der Waals surface area (Å²) in [4.78, 5) is 0. The van der Waals surface area contributed by atoms with Crippen LogP contribution in [0.1, 0.15) is 38.2 Å². The molecule has 0 radical (unpaired) electrons. The Bertz CT molecular complexity index is 377. The van der Waals surface area contributed by atoms with Crippen LogP contribution in [0.3, 0.4) is 0 Å². The molecule has 0 bridgehead atoms. The van der Waals surface area contributed by atoms with Gasteiger partial charge in [0.25, 0.3) is 0 Å². The third-order valence-electron chi connectivity index (χ3n) is 3.95. The van der Waals surface area contributed by atoms with Gasteiger partial charge in [-0.05, 0) is 36.8 Å². The quantitative estimate of drug-likeness (QED) is 0.690. The van der Waals surface area contributed by atoms with E-state index < -0.39 is 11.6 Å². The van der Waals surface area contributed by atoms with Crippen molar-refractivity contribution < 1.29 is 8.78 Å². The molecule has 0 saturated heterocycles. The Labute approximate surface area is 106 Å². The number of alkyl halides is 1. The second-order valence-electron chi connectivity index (χ2n) is 5.23. The molecule has 1 aliphatic rings. The summed E-state index contributed by atoms with van der Waals surface area (Å²) in [6.45, 7) is 2.12. The largest absolute Gasteiger partial charge is 0.207 e. The molecule has 1 aromatic rings. The fourth-order valence-electron chi connectivity index (χ4n) is 2.65. The smallest absolute Gasteiger partial charge is 0.129 e. The number of hydrogen-bond donors (Lipinski definition) is 0. The maximum absolute atomic E-state index is 13.5. The standard InChI is InChI=1S/C14H17ClF2/c1-14(7-2-3-8-14)13(15)9-10-11(16)5-4-6-12(10)17/h4-6,13H,2-3,7-9H2,1H3. The Morgan fingerprint density at radius 1 is 1.24 bits per heavy atom. The zero-order chi connectivity index (χ0) is 12.5. The molecule has 1 unspecified atom stereocenters. The highest BCUT2D eigenvalue weighted by molar-refractivity contribution is 6.21. The monoisotopic (exact) mass is 258 g/mol. The van der Waals surface area contributed by atoms with Crippen molar-refractivity contribution in [1.29, 1.82) is 0 Å². The van der Waals surface area contributed by atoms with Crippen LogP contribution in [-0.4, -0.2) is 5.38 Å². The molecule has 1 aromatic carbocycles. The highest BCUT2D eigenvalue weighted by Gasteiger charge is 2.36. The molecule has 0 aliphatic heterocycles. The van der Waals surface area contributed by atoms with E-state index in [2.05, 4.69) is 6.92 Å². The Kier molecular flexibility index (Phi) is 3.72. The molecular weight excluding hydrogens is 242 g/mol. The Morgan fingerprint density at radius 3 is 2.29 bits per heavy atom. The van der Waals surface area contributed by atoms with Crippen molar-refractivity contribution in [3.8, 4) is 0 Å². The second kappa shape index (κ2) is 4.93. The van der Waals surface area contributed by atoms with Crippen molar-refractivity contribution >= 4 is 11.6 Å². The molecule has 94 valence electrons. The molecule has 1 atom stereocenters. The van der Waals surface area contributed by atoms with E-state index in [-0.39, 0.29) is 22.8 Å². The van der Waals surface area contributed by atoms with Gasteiger partial charge in [0.1, 0.15) is 11.6 Å². The molecule has 0 heterocycles. The van der Waals surface area contributed by atoms with Crippen LogP contribution in [0.25, 0.3) is 0 Å². The van der Waals surface area contributed by atoms with E-state index in [1.165, 1.54) is 31.0 Å². The fraction of sp³-hybridized carbons (Fsp3) is 0.571. The highest BCUT2D eigenvalue weighted by Crippen LogP contribution is 2.44. The van der Waals surface area contributed by atoms with Crippen LogP contribution in [0.15, 0.2) is 18.2 Å². The minimum absolute atomic E-state index is 0.0241. The molecule has 17 heavy (non-hydrogen) atoms. The summed E-state index contributed by atoms with van der Waals surface area (Å²) in [5.41, 5.74) is 0.150. The topological polar surface area (TPSA) is 0 Å². The lowest BCUT2D eigenvalue weighted by molar-refractivity contribution is 0.312. The van der Waals surface area contributed by atoms with Crippen molar-refractivity contribution in [2.45, 2.75) is 44.4 Å². The van der Waals surface area contributed by atoms with Crippen LogP contribution >= 0.6 is 11.6 Å². The van der Waals surface area contributed by atoms with E-state index in [4.69, 9.17) is 11.6 Å². The molecule has 1 saturated carbocycles. The van der Waals surface area contributed by atoms with Gasteiger partial charge in [0.15, 0.2) is 0 Å². The van der Waals surface area contributed by atoms with E-state index in [1.807, 2.05) is 0 Å². The van der Waals surface area contributed by atoms with E-state index in [9.17, 15) is 8.78 Å². The van der Waals surface area contributed by atoms with Gasteiger partial charge in [-0.1, -0.05) is 25.8 Å². The molecule has 3 heteroatoms. The summed E-state index contributed by atoms with van der Waals surface area (Å²) in [6, 6.07) is 3.96. The van der Waals surface area contributed by atoms with Crippen molar-refractivity contribution in [2.75, 3.05) is 0 Å². The van der Waals surface area contributed by atoms with Gasteiger partial charge in [-0.2, -0.15) is 0 Å². The molecular formula is C14H17ClF2. The minimum atomic E-state index is -0.489. The molecule has 1 aliphatic carbocycles.